The van der Waals surface area contributed by atoms with Crippen molar-refractivity contribution >= 4 is 10.8 Å². The first-order valence-electron chi connectivity index (χ1n) is 35.8. The Morgan fingerprint density at radius 1 is 0.345 bits per heavy atom. The topological polar surface area (TPSA) is 227 Å². The Kier molecular flexibility index (Phi) is 25.1. The molecule has 14 nitrogen and oxygen atoms in total. The molecular formula is C97H66F5N5O9. The van der Waals surface area contributed by atoms with E-state index < -0.39 is 5.56 Å². The molecule has 0 amide bonds. The van der Waals surface area contributed by atoms with Crippen LogP contribution in [-0.2, 0) is 4.74 Å². The molecule has 1 saturated heterocycles. The van der Waals surface area contributed by atoms with Crippen LogP contribution in [0.3, 0.4) is 0 Å². The van der Waals surface area contributed by atoms with Crippen LogP contribution >= 0.6 is 0 Å². The highest BCUT2D eigenvalue weighted by Crippen LogP contribution is 2.36. The fourth-order valence-corrected chi connectivity index (χ4v) is 12.9. The van der Waals surface area contributed by atoms with Crippen molar-refractivity contribution in [3.05, 3.63) is 375 Å². The van der Waals surface area contributed by atoms with Gasteiger partial charge in [-0.1, -0.05) is 102 Å². The number of aromatic hydroxyl groups is 2. The molecule has 7 N–H and O–H groups in total. The van der Waals surface area contributed by atoms with E-state index in [4.69, 9.17) is 41.3 Å². The van der Waals surface area contributed by atoms with Crippen LogP contribution in [0.5, 0.6) is 11.5 Å². The summed E-state index contributed by atoms with van der Waals surface area (Å²) in [4.78, 5) is 75.2. The number of terminal acetylenes is 5. The molecule has 1 atom stereocenters. The smallest absolute Gasteiger partial charge is 0.264 e. The number of aryl methyl sites for hydroxylation is 1. The van der Waals surface area contributed by atoms with Crippen LogP contribution in [0.25, 0.3) is 112 Å². The summed E-state index contributed by atoms with van der Waals surface area (Å²) in [6, 6.07) is 69.5. The Morgan fingerprint density at radius 3 is 1.07 bits per heavy atom. The van der Waals surface area contributed by atoms with Gasteiger partial charge in [-0.05, 0) is 263 Å². The molecule has 9 aromatic carbocycles. The summed E-state index contributed by atoms with van der Waals surface area (Å²) in [5.74, 6) is 11.3. The van der Waals surface area contributed by atoms with Crippen molar-refractivity contribution in [2.75, 3.05) is 13.2 Å². The highest BCUT2D eigenvalue weighted by atomic mass is 19.1. The normalized spacial score (nSPS) is 11.8. The van der Waals surface area contributed by atoms with Crippen LogP contribution in [0.1, 0.15) is 57.9 Å². The zero-order valence-corrected chi connectivity index (χ0v) is 61.7. The number of fused-ring (bicyclic) bond motifs is 1. The molecule has 7 heterocycles. The maximum absolute atomic E-state index is 13.2. The van der Waals surface area contributed by atoms with Gasteiger partial charge in [0.25, 0.3) is 27.8 Å². The number of H-pyrrole nitrogens is 5. The van der Waals surface area contributed by atoms with Crippen molar-refractivity contribution in [1.82, 2.24) is 24.9 Å². The highest BCUT2D eigenvalue weighted by Gasteiger charge is 2.23. The second-order valence-corrected chi connectivity index (χ2v) is 26.3. The fraction of sp³-hybridized carbons (Fsp3) is 0.0619. The first-order chi connectivity index (χ1) is 56.1. The van der Waals surface area contributed by atoms with Crippen LogP contribution in [0.15, 0.2) is 283 Å². The molecule has 0 aliphatic carbocycles. The number of aromatic nitrogens is 5. The maximum atomic E-state index is 13.2. The summed E-state index contributed by atoms with van der Waals surface area (Å²) in [5, 5.41) is 21.3. The molecule has 6 aromatic heterocycles. The summed E-state index contributed by atoms with van der Waals surface area (Å²) in [6.07, 6.45) is 29.3. The van der Waals surface area contributed by atoms with E-state index in [0.717, 1.165) is 63.8 Å². The van der Waals surface area contributed by atoms with E-state index >= 15 is 0 Å². The van der Waals surface area contributed by atoms with E-state index in [1.54, 1.807) is 78.9 Å². The van der Waals surface area contributed by atoms with Crippen LogP contribution in [0.2, 0.25) is 0 Å². The number of phenols is 2. The number of halogens is 5. The lowest BCUT2D eigenvalue weighted by atomic mass is 9.90. The molecular weight excluding hydrogens is 1470 g/mol. The third kappa shape index (κ3) is 18.8. The minimum atomic E-state index is -0.470. The van der Waals surface area contributed by atoms with Crippen molar-refractivity contribution in [3.8, 4) is 174 Å². The number of benzene rings is 9. The zero-order valence-electron chi connectivity index (χ0n) is 61.7. The molecule has 568 valence electrons. The van der Waals surface area contributed by atoms with Gasteiger partial charge in [-0.15, -0.1) is 32.1 Å². The second-order valence-electron chi connectivity index (χ2n) is 26.3. The molecule has 19 heteroatoms. The molecule has 0 spiro atoms. The second kappa shape index (κ2) is 36.4. The van der Waals surface area contributed by atoms with Gasteiger partial charge >= 0.3 is 0 Å². The minimum absolute atomic E-state index is 0.103. The maximum Gasteiger partial charge on any atom is 0.264 e. The number of hydrogen-bond donors (Lipinski definition) is 7. The van der Waals surface area contributed by atoms with Crippen molar-refractivity contribution < 1.29 is 41.3 Å². The number of pyridine rings is 5. The quantitative estimate of drug-likeness (QED) is 0.0392. The van der Waals surface area contributed by atoms with Gasteiger partial charge in [0.2, 0.25) is 0 Å². The van der Waals surface area contributed by atoms with Crippen LogP contribution in [-0.4, -0.2) is 48.3 Å². The number of furan rings is 1. The average Bonchev–Trinajstić information content (AvgIpc) is 1.01. The molecule has 0 bridgehead atoms. The number of aromatic amines is 5. The first kappa shape index (κ1) is 79.8. The molecule has 1 fully saturated rings. The van der Waals surface area contributed by atoms with Gasteiger partial charge in [-0.2, -0.15) is 0 Å². The molecule has 0 saturated carbocycles. The van der Waals surface area contributed by atoms with Crippen LogP contribution < -0.4 is 27.8 Å². The summed E-state index contributed by atoms with van der Waals surface area (Å²) in [6.45, 7) is 3.13. The Bertz CT molecular complexity index is 6700. The van der Waals surface area contributed by atoms with E-state index in [1.807, 2.05) is 97.9 Å². The Labute approximate surface area is 661 Å². The van der Waals surface area contributed by atoms with Crippen LogP contribution in [0, 0.1) is 97.7 Å². The van der Waals surface area contributed by atoms with Gasteiger partial charge in [-0.3, -0.25) is 24.0 Å². The van der Waals surface area contributed by atoms with Gasteiger partial charge in [0.1, 0.15) is 46.2 Å². The number of ether oxygens (including phenoxy) is 1. The lowest BCUT2D eigenvalue weighted by Gasteiger charge is -2.23. The standard InChI is InChI=1S/C23H14FNO.C19H12FNO3.C19H12FNO.C18H12FNO2.C18H16FNO2/c1-2-20-21(18-8-7-15-5-3-4-6-17(15)13-18)14-22(25-23(20)26)16-9-11-19(24)12-10-16;1-2-14-15(12-5-8-17(22)18(23)9-12)10-16(21-19(14)24)11-3-6-13(20)7-4-11;1-2-16-17(13-6-4-3-5-7-13)12-18(21-19(16)22)14-8-10-15(20)11-9-14;1-3-14-15(17-9-4-11(2)22-17)10-16(20-18(14)21)12-5-7-13(19)8-6-12;1-2-15-16(13-4-3-9-22-11-13)10-17(20-18(15)21)12-5-7-14(19)8-6-12/h1,3-14H,(H,25,26);1,3-10,22-23H,(H,21,24);1,3-12H,(H,21,22);1,4-10H,2H3,(H,20,21);1,5-8,10,13H,3-4,9,11H2,(H,20,21). The van der Waals surface area contributed by atoms with Gasteiger partial charge in [0.05, 0.1) is 28.9 Å². The number of phenolic OH excluding ortho intramolecular Hbond substituents is 2. The Morgan fingerprint density at radius 2 is 0.690 bits per heavy atom. The third-order valence-electron chi connectivity index (χ3n) is 18.7. The van der Waals surface area contributed by atoms with Crippen molar-refractivity contribution in [2.24, 2.45) is 0 Å². The molecule has 116 heavy (non-hydrogen) atoms. The SMILES string of the molecule is C#Cc1c(-c2ccc(C)o2)cc(-c2ccc(F)cc2)[nH]c1=O.C#Cc1c(-c2ccc(O)c(O)c2)cc(-c2ccc(F)cc2)[nH]c1=O.C#Cc1c(-c2ccc3ccccc3c2)cc(-c2ccc(F)cc2)[nH]c1=O.C#Cc1c(-c2ccccc2)cc(-c2ccc(F)cc2)[nH]c1=O.C#Cc1c(C2CCCOC2)cc(-c2ccc(F)cc2)[nH]c1=O. The van der Waals surface area contributed by atoms with E-state index in [-0.39, 0.29) is 91.0 Å². The Hall–Kier alpha value is -15.7. The lowest BCUT2D eigenvalue weighted by molar-refractivity contribution is 0.0803. The number of nitrogens with one attached hydrogen (secondary N) is 5. The van der Waals surface area contributed by atoms with Crippen LogP contribution in [0.4, 0.5) is 22.0 Å². The largest absolute Gasteiger partial charge is 0.504 e. The third-order valence-corrected chi connectivity index (χ3v) is 18.7. The van der Waals surface area contributed by atoms with Gasteiger partial charge in [0, 0.05) is 63.2 Å². The lowest BCUT2D eigenvalue weighted by Crippen LogP contribution is -2.21. The molecule has 15 aromatic rings. The number of hydrogen-bond acceptors (Lipinski definition) is 9. The first-order valence-corrected chi connectivity index (χ1v) is 35.8. The van der Waals surface area contributed by atoms with E-state index in [9.17, 15) is 56.1 Å². The van der Waals surface area contributed by atoms with Gasteiger partial charge in [-0.25, -0.2) is 22.0 Å². The summed E-state index contributed by atoms with van der Waals surface area (Å²) in [5.41, 5.74) is 11.2. The van der Waals surface area contributed by atoms with Crippen molar-refractivity contribution in [3.63, 3.8) is 0 Å². The average molecular weight is 1540 g/mol. The monoisotopic (exact) mass is 1540 g/mol. The molecule has 16 rings (SSSR count). The van der Waals surface area contributed by atoms with E-state index in [2.05, 4.69) is 54.5 Å². The molecule has 0 radical (unpaired) electrons. The van der Waals surface area contributed by atoms with Crippen molar-refractivity contribution in [2.45, 2.75) is 25.7 Å². The molecule has 1 aliphatic rings. The molecule has 1 unspecified atom stereocenters. The summed E-state index contributed by atoms with van der Waals surface area (Å²) >= 11 is 0. The Balaban J connectivity index is 0.000000134. The van der Waals surface area contributed by atoms with E-state index in [1.165, 1.54) is 84.9 Å². The highest BCUT2D eigenvalue weighted by molar-refractivity contribution is 5.89. The number of rotatable bonds is 10. The predicted molar refractivity (Wildman–Crippen MR) is 444 cm³/mol. The minimum Gasteiger partial charge on any atom is -0.504 e. The molecule has 1 aliphatic heterocycles. The summed E-state index contributed by atoms with van der Waals surface area (Å²) < 4.78 is 76.5. The van der Waals surface area contributed by atoms with Crippen molar-refractivity contribution in [1.29, 1.82) is 0 Å². The predicted octanol–water partition coefficient (Wildman–Crippen LogP) is 18.8. The fourth-order valence-electron chi connectivity index (χ4n) is 12.9. The van der Waals surface area contributed by atoms with E-state index in [0.29, 0.717) is 90.9 Å². The van der Waals surface area contributed by atoms with Gasteiger partial charge in [0.15, 0.2) is 11.5 Å². The summed E-state index contributed by atoms with van der Waals surface area (Å²) in [7, 11) is 0. The zero-order chi connectivity index (χ0) is 82.1. The van der Waals surface area contributed by atoms with Gasteiger partial charge < -0.3 is 44.3 Å².